The molecule has 8 heteroatoms. The number of benzene rings is 2. The Balaban J connectivity index is 1.61. The first-order valence-electron chi connectivity index (χ1n) is 10.6. The number of amides is 2. The average molecular weight is 452 g/mol. The second kappa shape index (κ2) is 9.50. The Kier molecular flexibility index (Phi) is 6.53. The van der Waals surface area contributed by atoms with Gasteiger partial charge in [-0.25, -0.2) is 0 Å². The third-order valence-electron chi connectivity index (χ3n) is 5.44. The number of thiocarbonyl (C=S) groups is 1. The average Bonchev–Trinajstić information content (AvgIpc) is 2.79. The number of hydrogen-bond donors (Lipinski definition) is 1. The van der Waals surface area contributed by atoms with Crippen molar-refractivity contribution in [1.29, 1.82) is 0 Å². The standard InChI is InChI=1S/C24H25N3O4S/c1-3-31-20-8-6-18(7-9-20)27-23(29)21(22(28)25-24(27)32)15-17-4-5-19(14-16(17)2)26-10-12-30-13-11-26/h4-9,14-15H,3,10-13H2,1-2H3,(H,25,28,32)/b21-15-. The van der Waals surface area contributed by atoms with Gasteiger partial charge in [0.15, 0.2) is 5.11 Å². The van der Waals surface area contributed by atoms with Gasteiger partial charge in [0.2, 0.25) is 0 Å². The third-order valence-corrected chi connectivity index (χ3v) is 5.72. The van der Waals surface area contributed by atoms with E-state index >= 15 is 0 Å². The van der Waals surface area contributed by atoms with Gasteiger partial charge in [-0.3, -0.25) is 19.8 Å². The quantitative estimate of drug-likeness (QED) is 0.428. The van der Waals surface area contributed by atoms with Crippen molar-refractivity contribution in [1.82, 2.24) is 5.32 Å². The van der Waals surface area contributed by atoms with Crippen molar-refractivity contribution in [2.75, 3.05) is 42.7 Å². The summed E-state index contributed by atoms with van der Waals surface area (Å²) in [5.41, 5.74) is 3.48. The highest BCUT2D eigenvalue weighted by atomic mass is 32.1. The second-order valence-electron chi connectivity index (χ2n) is 7.53. The van der Waals surface area contributed by atoms with E-state index in [0.717, 1.165) is 29.9 Å². The minimum Gasteiger partial charge on any atom is -0.494 e. The van der Waals surface area contributed by atoms with E-state index in [1.807, 2.05) is 26.0 Å². The van der Waals surface area contributed by atoms with Crippen LogP contribution in [-0.4, -0.2) is 49.8 Å². The van der Waals surface area contributed by atoms with Crippen LogP contribution < -0.4 is 19.9 Å². The summed E-state index contributed by atoms with van der Waals surface area (Å²) in [6, 6.07) is 13.0. The van der Waals surface area contributed by atoms with E-state index in [4.69, 9.17) is 21.7 Å². The molecule has 2 fully saturated rings. The van der Waals surface area contributed by atoms with Gasteiger partial charge >= 0.3 is 0 Å². The van der Waals surface area contributed by atoms with E-state index in [9.17, 15) is 9.59 Å². The zero-order valence-electron chi connectivity index (χ0n) is 18.1. The number of ether oxygens (including phenoxy) is 2. The number of rotatable bonds is 5. The Morgan fingerprint density at radius 2 is 1.78 bits per heavy atom. The molecule has 0 saturated carbocycles. The van der Waals surface area contributed by atoms with Crippen molar-refractivity contribution < 1.29 is 19.1 Å². The van der Waals surface area contributed by atoms with Crippen molar-refractivity contribution in [3.05, 3.63) is 59.2 Å². The summed E-state index contributed by atoms with van der Waals surface area (Å²) >= 11 is 5.28. The topological polar surface area (TPSA) is 71.1 Å². The molecule has 0 radical (unpaired) electrons. The van der Waals surface area contributed by atoms with Crippen molar-refractivity contribution in [3.63, 3.8) is 0 Å². The van der Waals surface area contributed by atoms with E-state index in [1.54, 1.807) is 30.3 Å². The van der Waals surface area contributed by atoms with Crippen LogP contribution in [0.25, 0.3) is 6.08 Å². The number of hydrogen-bond acceptors (Lipinski definition) is 6. The second-order valence-corrected chi connectivity index (χ2v) is 7.91. The molecule has 0 unspecified atom stereocenters. The Hall–Kier alpha value is -3.23. The summed E-state index contributed by atoms with van der Waals surface area (Å²) < 4.78 is 10.9. The number of anilines is 2. The number of morpholine rings is 1. The summed E-state index contributed by atoms with van der Waals surface area (Å²) in [6.07, 6.45) is 1.62. The van der Waals surface area contributed by atoms with Gasteiger partial charge in [0.25, 0.3) is 11.8 Å². The van der Waals surface area contributed by atoms with E-state index in [2.05, 4.69) is 16.3 Å². The summed E-state index contributed by atoms with van der Waals surface area (Å²) in [6.45, 7) is 7.52. The Bertz CT molecular complexity index is 1080. The van der Waals surface area contributed by atoms with Crippen LogP contribution in [0.1, 0.15) is 18.1 Å². The molecule has 2 aliphatic heterocycles. The normalized spacial score (nSPS) is 18.2. The molecule has 2 aliphatic rings. The molecule has 2 aromatic carbocycles. The zero-order chi connectivity index (χ0) is 22.7. The van der Waals surface area contributed by atoms with Gasteiger partial charge in [0.1, 0.15) is 11.3 Å². The van der Waals surface area contributed by atoms with Gasteiger partial charge in [-0.2, -0.15) is 0 Å². The summed E-state index contributed by atoms with van der Waals surface area (Å²) in [4.78, 5) is 29.4. The largest absolute Gasteiger partial charge is 0.494 e. The molecule has 166 valence electrons. The summed E-state index contributed by atoms with van der Waals surface area (Å²) in [7, 11) is 0. The van der Waals surface area contributed by atoms with Crippen LogP contribution in [-0.2, 0) is 14.3 Å². The first-order valence-corrected chi connectivity index (χ1v) is 11.0. The van der Waals surface area contributed by atoms with Gasteiger partial charge in [-0.05, 0) is 79.7 Å². The van der Waals surface area contributed by atoms with Gasteiger partial charge in [-0.15, -0.1) is 0 Å². The monoisotopic (exact) mass is 451 g/mol. The number of carbonyl (C=O) groups is 2. The van der Waals surface area contributed by atoms with Crippen molar-refractivity contribution >= 4 is 46.6 Å². The Morgan fingerprint density at radius 1 is 1.09 bits per heavy atom. The fourth-order valence-corrected chi connectivity index (χ4v) is 4.03. The van der Waals surface area contributed by atoms with Crippen LogP contribution in [0.4, 0.5) is 11.4 Å². The molecule has 0 bridgehead atoms. The van der Waals surface area contributed by atoms with Gasteiger partial charge in [0.05, 0.1) is 25.5 Å². The van der Waals surface area contributed by atoms with E-state index in [1.165, 1.54) is 4.90 Å². The number of nitrogens with zero attached hydrogens (tertiary/aromatic N) is 2. The third kappa shape index (κ3) is 4.51. The molecule has 0 aliphatic carbocycles. The predicted molar refractivity (Wildman–Crippen MR) is 128 cm³/mol. The molecular weight excluding hydrogens is 426 g/mol. The minimum atomic E-state index is -0.501. The minimum absolute atomic E-state index is 0.0368. The van der Waals surface area contributed by atoms with Gasteiger partial charge in [0, 0.05) is 18.8 Å². The highest BCUT2D eigenvalue weighted by Crippen LogP contribution is 2.26. The molecular formula is C24H25N3O4S. The van der Waals surface area contributed by atoms with Crippen molar-refractivity contribution in [2.24, 2.45) is 0 Å². The van der Waals surface area contributed by atoms with E-state index in [0.29, 0.717) is 31.3 Å². The lowest BCUT2D eigenvalue weighted by molar-refractivity contribution is -0.122. The number of carbonyl (C=O) groups excluding carboxylic acids is 2. The Labute approximate surface area is 192 Å². The summed E-state index contributed by atoms with van der Waals surface area (Å²) in [5, 5.41) is 2.68. The SMILES string of the molecule is CCOc1ccc(N2C(=O)/C(=C\c3ccc(N4CCOCC4)cc3C)C(=O)NC2=S)cc1. The maximum Gasteiger partial charge on any atom is 0.270 e. The van der Waals surface area contributed by atoms with Crippen molar-refractivity contribution in [2.45, 2.75) is 13.8 Å². The molecule has 7 nitrogen and oxygen atoms in total. The summed E-state index contributed by atoms with van der Waals surface area (Å²) in [5.74, 6) is -0.263. The molecule has 0 spiro atoms. The lowest BCUT2D eigenvalue weighted by Crippen LogP contribution is -2.54. The molecule has 2 amide bonds. The van der Waals surface area contributed by atoms with Crippen LogP contribution in [0.15, 0.2) is 48.0 Å². The van der Waals surface area contributed by atoms with E-state index in [-0.39, 0.29) is 10.7 Å². The first-order chi connectivity index (χ1) is 15.5. The molecule has 1 N–H and O–H groups in total. The highest BCUT2D eigenvalue weighted by Gasteiger charge is 2.34. The lowest BCUT2D eigenvalue weighted by Gasteiger charge is -2.30. The van der Waals surface area contributed by atoms with Crippen LogP contribution in [0.5, 0.6) is 5.75 Å². The molecule has 4 rings (SSSR count). The molecule has 2 saturated heterocycles. The fraction of sp³-hybridized carbons (Fsp3) is 0.292. The predicted octanol–water partition coefficient (Wildman–Crippen LogP) is 3.06. The Morgan fingerprint density at radius 3 is 2.44 bits per heavy atom. The van der Waals surface area contributed by atoms with E-state index < -0.39 is 11.8 Å². The number of nitrogens with one attached hydrogen (secondary N) is 1. The zero-order valence-corrected chi connectivity index (χ0v) is 18.9. The van der Waals surface area contributed by atoms with Crippen LogP contribution in [0.2, 0.25) is 0 Å². The maximum atomic E-state index is 13.2. The maximum absolute atomic E-state index is 13.2. The van der Waals surface area contributed by atoms with Crippen LogP contribution in [0, 0.1) is 6.92 Å². The molecule has 0 atom stereocenters. The highest BCUT2D eigenvalue weighted by molar-refractivity contribution is 7.80. The lowest BCUT2D eigenvalue weighted by atomic mass is 10.0. The van der Waals surface area contributed by atoms with Crippen molar-refractivity contribution in [3.8, 4) is 5.75 Å². The first kappa shape index (κ1) is 22.0. The molecule has 2 heterocycles. The molecule has 0 aromatic heterocycles. The molecule has 2 aromatic rings. The smallest absolute Gasteiger partial charge is 0.270 e. The van der Waals surface area contributed by atoms with Crippen LogP contribution in [0.3, 0.4) is 0 Å². The fourth-order valence-electron chi connectivity index (χ4n) is 3.75. The van der Waals surface area contributed by atoms with Crippen LogP contribution >= 0.6 is 12.2 Å². The van der Waals surface area contributed by atoms with Gasteiger partial charge in [-0.1, -0.05) is 6.07 Å². The number of aryl methyl sites for hydroxylation is 1. The van der Waals surface area contributed by atoms with Gasteiger partial charge < -0.3 is 14.4 Å². The molecule has 32 heavy (non-hydrogen) atoms.